The number of amides is 3. The predicted octanol–water partition coefficient (Wildman–Crippen LogP) is 2.94. The zero-order chi connectivity index (χ0) is 30.0. The number of hydrogen-bond donors (Lipinski definition) is 5. The van der Waals surface area contributed by atoms with Gasteiger partial charge in [-0.1, -0.05) is 26.0 Å². The highest BCUT2D eigenvalue weighted by Gasteiger charge is 2.45. The van der Waals surface area contributed by atoms with Crippen molar-refractivity contribution in [2.45, 2.75) is 89.9 Å². The summed E-state index contributed by atoms with van der Waals surface area (Å²) in [6, 6.07) is 1.98. The molecule has 0 saturated heterocycles. The first kappa shape index (κ1) is 34.0. The number of halogens is 3. The molecule has 1 aromatic rings. The van der Waals surface area contributed by atoms with Crippen LogP contribution in [0.25, 0.3) is 0 Å². The SMILES string of the molecule is COc1ccc(C(NC(=O)C(N)CCCCNC(=O)OC(C)(C)C)C(=O)NC(C(C)C)C(O)C(F)(F)F)cc1. The molecule has 39 heavy (non-hydrogen) atoms. The molecule has 0 fully saturated rings. The van der Waals surface area contributed by atoms with Gasteiger partial charge in [-0.25, -0.2) is 4.79 Å². The lowest BCUT2D eigenvalue weighted by molar-refractivity contribution is -0.215. The van der Waals surface area contributed by atoms with Crippen molar-refractivity contribution in [3.63, 3.8) is 0 Å². The molecular weight excluding hydrogens is 521 g/mol. The van der Waals surface area contributed by atoms with E-state index in [1.54, 1.807) is 20.8 Å². The maximum absolute atomic E-state index is 13.2. The molecule has 0 aliphatic heterocycles. The molecule has 0 heterocycles. The van der Waals surface area contributed by atoms with Gasteiger partial charge in [0, 0.05) is 6.54 Å². The number of unbranched alkanes of at least 4 members (excludes halogenated alkanes) is 1. The topological polar surface area (TPSA) is 152 Å². The van der Waals surface area contributed by atoms with E-state index in [9.17, 15) is 32.7 Å². The standard InChI is InChI=1S/C26H41F3N4O6/c1-15(2)19(21(34)26(27,28)29)32-23(36)20(16-10-12-17(38-6)13-11-16)33-22(35)18(30)9-7-8-14-31-24(37)39-25(3,4)5/h10-13,15,18-21,34H,7-9,14,30H2,1-6H3,(H,31,37)(H,32,36)(H,33,35). The minimum atomic E-state index is -4.96. The number of rotatable bonds is 13. The first-order chi connectivity index (χ1) is 18.0. The maximum atomic E-state index is 13.2. The largest absolute Gasteiger partial charge is 0.497 e. The molecule has 0 radical (unpaired) electrons. The summed E-state index contributed by atoms with van der Waals surface area (Å²) in [6.45, 7) is 8.38. The number of carbonyl (C=O) groups is 3. The molecule has 13 heteroatoms. The van der Waals surface area contributed by atoms with Crippen LogP contribution in [0.3, 0.4) is 0 Å². The molecule has 1 aromatic carbocycles. The van der Waals surface area contributed by atoms with Crippen LogP contribution in [0, 0.1) is 5.92 Å². The summed E-state index contributed by atoms with van der Waals surface area (Å²) in [5, 5.41) is 17.1. The lowest BCUT2D eigenvalue weighted by atomic mass is 9.96. The number of aliphatic hydroxyl groups excluding tert-OH is 1. The number of carbonyl (C=O) groups excluding carboxylic acids is 3. The van der Waals surface area contributed by atoms with Crippen LogP contribution in [0.2, 0.25) is 0 Å². The number of methoxy groups -OCH3 is 1. The predicted molar refractivity (Wildman–Crippen MR) is 139 cm³/mol. The van der Waals surface area contributed by atoms with E-state index >= 15 is 0 Å². The molecule has 10 nitrogen and oxygen atoms in total. The zero-order valence-corrected chi connectivity index (χ0v) is 23.2. The van der Waals surface area contributed by atoms with Gasteiger partial charge in [0.15, 0.2) is 6.10 Å². The van der Waals surface area contributed by atoms with E-state index in [1.165, 1.54) is 45.2 Å². The molecule has 4 unspecified atom stereocenters. The molecule has 1 rings (SSSR count). The summed E-state index contributed by atoms with van der Waals surface area (Å²) in [5.74, 6) is -1.93. The Morgan fingerprint density at radius 1 is 1.00 bits per heavy atom. The summed E-state index contributed by atoms with van der Waals surface area (Å²) < 4.78 is 49.8. The van der Waals surface area contributed by atoms with Gasteiger partial charge in [-0.15, -0.1) is 0 Å². The summed E-state index contributed by atoms with van der Waals surface area (Å²) in [6.07, 6.45) is -7.12. The fourth-order valence-corrected chi connectivity index (χ4v) is 3.53. The van der Waals surface area contributed by atoms with Gasteiger partial charge in [0.05, 0.1) is 19.2 Å². The number of ether oxygens (including phenoxy) is 2. The normalized spacial score (nSPS) is 15.1. The van der Waals surface area contributed by atoms with Gasteiger partial charge in [-0.05, 0) is 63.6 Å². The fraction of sp³-hybridized carbons (Fsp3) is 0.654. The smallest absolute Gasteiger partial charge is 0.416 e. The van der Waals surface area contributed by atoms with Crippen LogP contribution < -0.4 is 26.4 Å². The fourth-order valence-electron chi connectivity index (χ4n) is 3.53. The van der Waals surface area contributed by atoms with Crippen molar-refractivity contribution in [1.82, 2.24) is 16.0 Å². The number of aliphatic hydroxyl groups is 1. The van der Waals surface area contributed by atoms with E-state index in [0.29, 0.717) is 25.1 Å². The van der Waals surface area contributed by atoms with Gasteiger partial charge >= 0.3 is 12.3 Å². The molecule has 0 spiro atoms. The molecule has 0 bridgehead atoms. The van der Waals surface area contributed by atoms with Crippen LogP contribution in [-0.2, 0) is 14.3 Å². The highest BCUT2D eigenvalue weighted by atomic mass is 19.4. The number of alkyl carbamates (subject to hydrolysis) is 1. The van der Waals surface area contributed by atoms with Crippen molar-refractivity contribution in [3.8, 4) is 5.75 Å². The molecule has 0 saturated carbocycles. The van der Waals surface area contributed by atoms with Crippen molar-refractivity contribution in [3.05, 3.63) is 29.8 Å². The van der Waals surface area contributed by atoms with E-state index in [1.807, 2.05) is 0 Å². The minimum absolute atomic E-state index is 0.222. The van der Waals surface area contributed by atoms with Gasteiger partial charge in [-0.3, -0.25) is 9.59 Å². The molecular formula is C26H41F3N4O6. The van der Waals surface area contributed by atoms with Gasteiger partial charge in [0.1, 0.15) is 17.4 Å². The highest BCUT2D eigenvalue weighted by molar-refractivity contribution is 5.90. The van der Waals surface area contributed by atoms with Crippen LogP contribution in [-0.4, -0.2) is 66.6 Å². The van der Waals surface area contributed by atoms with E-state index in [4.69, 9.17) is 15.2 Å². The lowest BCUT2D eigenvalue weighted by Crippen LogP contribution is -2.55. The van der Waals surface area contributed by atoms with Gasteiger partial charge in [0.2, 0.25) is 11.8 Å². The number of hydrogen-bond acceptors (Lipinski definition) is 7. The molecule has 0 aromatic heterocycles. The first-order valence-electron chi connectivity index (χ1n) is 12.7. The molecule has 4 atom stereocenters. The Morgan fingerprint density at radius 2 is 1.59 bits per heavy atom. The van der Waals surface area contributed by atoms with Crippen molar-refractivity contribution in [1.29, 1.82) is 0 Å². The third-order valence-corrected chi connectivity index (χ3v) is 5.65. The number of nitrogens with one attached hydrogen (secondary N) is 3. The van der Waals surface area contributed by atoms with E-state index in [2.05, 4.69) is 16.0 Å². The third-order valence-electron chi connectivity index (χ3n) is 5.65. The summed E-state index contributed by atoms with van der Waals surface area (Å²) >= 11 is 0. The second-order valence-electron chi connectivity index (χ2n) is 10.5. The summed E-state index contributed by atoms with van der Waals surface area (Å²) in [7, 11) is 1.44. The summed E-state index contributed by atoms with van der Waals surface area (Å²) in [5.41, 5.74) is 5.65. The summed E-state index contributed by atoms with van der Waals surface area (Å²) in [4.78, 5) is 37.7. The monoisotopic (exact) mass is 562 g/mol. The van der Waals surface area contributed by atoms with E-state index < -0.39 is 59.8 Å². The number of alkyl halides is 3. The second-order valence-corrected chi connectivity index (χ2v) is 10.5. The Morgan fingerprint density at radius 3 is 2.08 bits per heavy atom. The lowest BCUT2D eigenvalue weighted by Gasteiger charge is -2.31. The molecule has 222 valence electrons. The average Bonchev–Trinajstić information content (AvgIpc) is 2.82. The zero-order valence-electron chi connectivity index (χ0n) is 23.2. The molecule has 6 N–H and O–H groups in total. The first-order valence-corrected chi connectivity index (χ1v) is 12.7. The van der Waals surface area contributed by atoms with Crippen molar-refractivity contribution < 1.29 is 42.1 Å². The quantitative estimate of drug-likeness (QED) is 0.232. The minimum Gasteiger partial charge on any atom is -0.497 e. The van der Waals surface area contributed by atoms with Crippen LogP contribution in [0.15, 0.2) is 24.3 Å². The second kappa shape index (κ2) is 14.9. The van der Waals surface area contributed by atoms with Crippen molar-refractivity contribution in [2.75, 3.05) is 13.7 Å². The van der Waals surface area contributed by atoms with Gasteiger partial charge in [-0.2, -0.15) is 13.2 Å². The Balaban J connectivity index is 2.89. The van der Waals surface area contributed by atoms with Gasteiger partial charge < -0.3 is 36.3 Å². The Labute approximate surface area is 227 Å². The van der Waals surface area contributed by atoms with Crippen molar-refractivity contribution in [2.24, 2.45) is 11.7 Å². The molecule has 3 amide bonds. The number of benzene rings is 1. The maximum Gasteiger partial charge on any atom is 0.416 e. The molecule has 0 aliphatic rings. The Bertz CT molecular complexity index is 935. The van der Waals surface area contributed by atoms with Crippen LogP contribution >= 0.6 is 0 Å². The van der Waals surface area contributed by atoms with E-state index in [0.717, 1.165) is 0 Å². The van der Waals surface area contributed by atoms with E-state index in [-0.39, 0.29) is 12.0 Å². The third kappa shape index (κ3) is 12.1. The highest BCUT2D eigenvalue weighted by Crippen LogP contribution is 2.26. The average molecular weight is 563 g/mol. The number of nitrogens with two attached hydrogens (primary N) is 1. The van der Waals surface area contributed by atoms with Crippen molar-refractivity contribution >= 4 is 17.9 Å². The van der Waals surface area contributed by atoms with Crippen LogP contribution in [0.5, 0.6) is 5.75 Å². The Hall–Kier alpha value is -3.06. The molecule has 0 aliphatic carbocycles. The van der Waals surface area contributed by atoms with Gasteiger partial charge in [0.25, 0.3) is 0 Å². The Kier molecular flexibility index (Phi) is 13.0. The van der Waals surface area contributed by atoms with Crippen LogP contribution in [0.1, 0.15) is 65.5 Å². The van der Waals surface area contributed by atoms with Crippen LogP contribution in [0.4, 0.5) is 18.0 Å².